The molecule has 2 heteroatoms. The van der Waals surface area contributed by atoms with Crippen molar-refractivity contribution in [1.82, 2.24) is 0 Å². The molecule has 1 atom stereocenters. The van der Waals surface area contributed by atoms with E-state index >= 15 is 0 Å². The summed E-state index contributed by atoms with van der Waals surface area (Å²) in [7, 11) is 0. The molecular formula is C11H12O2. The lowest BCUT2D eigenvalue weighted by atomic mass is 9.94. The highest BCUT2D eigenvalue weighted by Gasteiger charge is 2.25. The SMILES string of the molecule is Cc1ccccc1C1COC(=O)C1. The van der Waals surface area contributed by atoms with Crippen molar-refractivity contribution < 1.29 is 9.53 Å². The predicted octanol–water partition coefficient (Wildman–Crippen LogP) is 2.03. The van der Waals surface area contributed by atoms with Gasteiger partial charge in [0.15, 0.2) is 0 Å². The lowest BCUT2D eigenvalue weighted by molar-refractivity contribution is -0.137. The van der Waals surface area contributed by atoms with Gasteiger partial charge in [-0.05, 0) is 18.1 Å². The predicted molar refractivity (Wildman–Crippen MR) is 49.5 cm³/mol. The highest BCUT2D eigenvalue weighted by molar-refractivity contribution is 5.73. The number of esters is 1. The summed E-state index contributed by atoms with van der Waals surface area (Å²) in [6, 6.07) is 8.15. The number of cyclic esters (lactones) is 1. The van der Waals surface area contributed by atoms with Gasteiger partial charge in [0.1, 0.15) is 0 Å². The number of ether oxygens (including phenoxy) is 1. The Morgan fingerprint density at radius 2 is 2.15 bits per heavy atom. The van der Waals surface area contributed by atoms with E-state index in [0.29, 0.717) is 13.0 Å². The number of hydrogen-bond acceptors (Lipinski definition) is 2. The number of carbonyl (C=O) groups is 1. The van der Waals surface area contributed by atoms with Crippen molar-refractivity contribution in [3.05, 3.63) is 35.4 Å². The minimum atomic E-state index is -0.0757. The van der Waals surface area contributed by atoms with E-state index in [4.69, 9.17) is 4.74 Å². The Morgan fingerprint density at radius 3 is 2.77 bits per heavy atom. The van der Waals surface area contributed by atoms with Crippen LogP contribution in [0.5, 0.6) is 0 Å². The summed E-state index contributed by atoms with van der Waals surface area (Å²) in [4.78, 5) is 10.9. The third-order valence-electron chi connectivity index (χ3n) is 2.49. The summed E-state index contributed by atoms with van der Waals surface area (Å²) in [5.41, 5.74) is 2.49. The molecule has 2 nitrogen and oxygen atoms in total. The van der Waals surface area contributed by atoms with Crippen LogP contribution in [0.2, 0.25) is 0 Å². The summed E-state index contributed by atoms with van der Waals surface area (Å²) in [5, 5.41) is 0. The average Bonchev–Trinajstić information content (AvgIpc) is 2.53. The Labute approximate surface area is 77.5 Å². The number of rotatable bonds is 1. The first-order valence-electron chi connectivity index (χ1n) is 4.48. The third-order valence-corrected chi connectivity index (χ3v) is 2.49. The summed E-state index contributed by atoms with van der Waals surface area (Å²) in [6.45, 7) is 2.61. The monoisotopic (exact) mass is 176 g/mol. The normalized spacial score (nSPS) is 21.6. The molecule has 1 aromatic carbocycles. The van der Waals surface area contributed by atoms with E-state index in [2.05, 4.69) is 19.1 Å². The van der Waals surface area contributed by atoms with Gasteiger partial charge in [-0.3, -0.25) is 4.79 Å². The van der Waals surface area contributed by atoms with Gasteiger partial charge in [0.05, 0.1) is 13.0 Å². The molecule has 0 radical (unpaired) electrons. The second-order valence-electron chi connectivity index (χ2n) is 3.44. The molecule has 0 bridgehead atoms. The Morgan fingerprint density at radius 1 is 1.38 bits per heavy atom. The molecule has 0 aliphatic carbocycles. The molecule has 0 aromatic heterocycles. The van der Waals surface area contributed by atoms with Crippen molar-refractivity contribution in [3.8, 4) is 0 Å². The lowest BCUT2D eigenvalue weighted by Crippen LogP contribution is -1.99. The van der Waals surface area contributed by atoms with Crippen molar-refractivity contribution in [3.63, 3.8) is 0 Å². The lowest BCUT2D eigenvalue weighted by Gasteiger charge is -2.09. The quantitative estimate of drug-likeness (QED) is 0.612. The summed E-state index contributed by atoms with van der Waals surface area (Å²) < 4.78 is 4.94. The number of hydrogen-bond donors (Lipinski definition) is 0. The molecule has 1 aliphatic heterocycles. The Hall–Kier alpha value is -1.31. The Balaban J connectivity index is 2.26. The smallest absolute Gasteiger partial charge is 0.306 e. The van der Waals surface area contributed by atoms with E-state index in [-0.39, 0.29) is 11.9 Å². The Kier molecular flexibility index (Phi) is 2.05. The van der Waals surface area contributed by atoms with Gasteiger partial charge < -0.3 is 4.74 Å². The van der Waals surface area contributed by atoms with Gasteiger partial charge in [-0.25, -0.2) is 0 Å². The summed E-state index contributed by atoms with van der Waals surface area (Å²) >= 11 is 0. The fourth-order valence-corrected chi connectivity index (χ4v) is 1.76. The molecule has 1 fully saturated rings. The van der Waals surface area contributed by atoms with Crippen molar-refractivity contribution in [1.29, 1.82) is 0 Å². The molecule has 1 heterocycles. The fourth-order valence-electron chi connectivity index (χ4n) is 1.76. The Bertz CT molecular complexity index is 331. The van der Waals surface area contributed by atoms with E-state index in [9.17, 15) is 4.79 Å². The molecule has 0 saturated carbocycles. The molecule has 0 spiro atoms. The zero-order valence-electron chi connectivity index (χ0n) is 7.62. The topological polar surface area (TPSA) is 26.3 Å². The second kappa shape index (κ2) is 3.21. The van der Waals surface area contributed by atoms with Crippen LogP contribution >= 0.6 is 0 Å². The maximum Gasteiger partial charge on any atom is 0.306 e. The van der Waals surface area contributed by atoms with E-state index in [0.717, 1.165) is 0 Å². The van der Waals surface area contributed by atoms with Gasteiger partial charge >= 0.3 is 5.97 Å². The molecule has 0 N–H and O–H groups in total. The highest BCUT2D eigenvalue weighted by Crippen LogP contribution is 2.27. The average molecular weight is 176 g/mol. The fraction of sp³-hybridized carbons (Fsp3) is 0.364. The van der Waals surface area contributed by atoms with Crippen LogP contribution in [0.15, 0.2) is 24.3 Å². The minimum Gasteiger partial charge on any atom is -0.465 e. The van der Waals surface area contributed by atoms with Crippen LogP contribution in [0.4, 0.5) is 0 Å². The molecule has 13 heavy (non-hydrogen) atoms. The first-order chi connectivity index (χ1) is 6.27. The van der Waals surface area contributed by atoms with E-state index < -0.39 is 0 Å². The van der Waals surface area contributed by atoms with Crippen LogP contribution < -0.4 is 0 Å². The summed E-state index contributed by atoms with van der Waals surface area (Å²) in [5.74, 6) is 0.196. The molecule has 1 unspecified atom stereocenters. The van der Waals surface area contributed by atoms with Crippen LogP contribution in [0.3, 0.4) is 0 Å². The zero-order valence-corrected chi connectivity index (χ0v) is 7.62. The first-order valence-corrected chi connectivity index (χ1v) is 4.48. The van der Waals surface area contributed by atoms with Gasteiger partial charge in [-0.2, -0.15) is 0 Å². The molecule has 1 aliphatic rings. The maximum absolute atomic E-state index is 10.9. The van der Waals surface area contributed by atoms with E-state index in [1.165, 1.54) is 11.1 Å². The number of carbonyl (C=O) groups excluding carboxylic acids is 1. The standard InChI is InChI=1S/C11H12O2/c1-8-4-2-3-5-10(8)9-6-11(12)13-7-9/h2-5,9H,6-7H2,1H3. The second-order valence-corrected chi connectivity index (χ2v) is 3.44. The van der Waals surface area contributed by atoms with Crippen molar-refractivity contribution in [2.45, 2.75) is 19.3 Å². The van der Waals surface area contributed by atoms with Crippen LogP contribution in [-0.4, -0.2) is 12.6 Å². The molecule has 68 valence electrons. The van der Waals surface area contributed by atoms with Gasteiger partial charge in [-0.1, -0.05) is 24.3 Å². The zero-order chi connectivity index (χ0) is 9.26. The van der Waals surface area contributed by atoms with E-state index in [1.807, 2.05) is 12.1 Å². The molecule has 2 rings (SSSR count). The maximum atomic E-state index is 10.9. The van der Waals surface area contributed by atoms with E-state index in [1.54, 1.807) is 0 Å². The largest absolute Gasteiger partial charge is 0.465 e. The van der Waals surface area contributed by atoms with Crippen molar-refractivity contribution in [2.75, 3.05) is 6.61 Å². The van der Waals surface area contributed by atoms with Crippen LogP contribution in [0.25, 0.3) is 0 Å². The van der Waals surface area contributed by atoms with Crippen LogP contribution in [0.1, 0.15) is 23.5 Å². The highest BCUT2D eigenvalue weighted by atomic mass is 16.5. The van der Waals surface area contributed by atoms with Gasteiger partial charge in [0.2, 0.25) is 0 Å². The molecular weight excluding hydrogens is 164 g/mol. The van der Waals surface area contributed by atoms with Gasteiger partial charge in [0, 0.05) is 5.92 Å². The number of benzene rings is 1. The minimum absolute atomic E-state index is 0.0757. The van der Waals surface area contributed by atoms with Crippen molar-refractivity contribution >= 4 is 5.97 Å². The third kappa shape index (κ3) is 1.57. The summed E-state index contributed by atoms with van der Waals surface area (Å²) in [6.07, 6.45) is 0.533. The number of aryl methyl sites for hydroxylation is 1. The molecule has 1 aromatic rings. The molecule has 1 saturated heterocycles. The van der Waals surface area contributed by atoms with Gasteiger partial charge in [0.25, 0.3) is 0 Å². The van der Waals surface area contributed by atoms with Crippen molar-refractivity contribution in [2.24, 2.45) is 0 Å². The van der Waals surface area contributed by atoms with Crippen LogP contribution in [0, 0.1) is 6.92 Å². The van der Waals surface area contributed by atoms with Crippen LogP contribution in [-0.2, 0) is 9.53 Å². The van der Waals surface area contributed by atoms with Gasteiger partial charge in [-0.15, -0.1) is 0 Å². The molecule has 0 amide bonds. The first kappa shape index (κ1) is 8.30.